The van der Waals surface area contributed by atoms with Crippen LogP contribution in [0.2, 0.25) is 0 Å². The van der Waals surface area contributed by atoms with Crippen molar-refractivity contribution in [2.75, 3.05) is 13.7 Å². The second-order valence-corrected chi connectivity index (χ2v) is 6.91. The smallest absolute Gasteiger partial charge is 0.223 e. The van der Waals surface area contributed by atoms with Crippen molar-refractivity contribution < 1.29 is 14.3 Å². The Hall–Kier alpha value is -2.95. The van der Waals surface area contributed by atoms with Crippen LogP contribution in [-0.4, -0.2) is 30.6 Å². The number of aryl methyl sites for hydroxylation is 1. The molecule has 5 nitrogen and oxygen atoms in total. The SMILES string of the molecule is COc1ccc2[nH]c3c(c2c1)CC(NC(=O)CCOc1ccccc1)CC3. The van der Waals surface area contributed by atoms with Gasteiger partial charge in [0.1, 0.15) is 11.5 Å². The van der Waals surface area contributed by atoms with E-state index >= 15 is 0 Å². The van der Waals surface area contributed by atoms with Gasteiger partial charge in [0.05, 0.1) is 20.1 Å². The molecule has 0 bridgehead atoms. The molecule has 1 heterocycles. The average molecular weight is 364 g/mol. The number of para-hydroxylation sites is 1. The van der Waals surface area contributed by atoms with Crippen molar-refractivity contribution in [1.29, 1.82) is 0 Å². The fraction of sp³-hybridized carbons (Fsp3) is 0.318. The first-order valence-corrected chi connectivity index (χ1v) is 9.37. The van der Waals surface area contributed by atoms with E-state index in [1.54, 1.807) is 7.11 Å². The van der Waals surface area contributed by atoms with Crippen molar-refractivity contribution in [3.8, 4) is 11.5 Å². The summed E-state index contributed by atoms with van der Waals surface area (Å²) in [6, 6.07) is 15.8. The van der Waals surface area contributed by atoms with E-state index in [0.29, 0.717) is 13.0 Å². The highest BCUT2D eigenvalue weighted by Gasteiger charge is 2.23. The normalized spacial score (nSPS) is 16.0. The molecule has 0 aliphatic heterocycles. The highest BCUT2D eigenvalue weighted by atomic mass is 16.5. The van der Waals surface area contributed by atoms with Gasteiger partial charge in [-0.1, -0.05) is 18.2 Å². The minimum absolute atomic E-state index is 0.0387. The Morgan fingerprint density at radius 1 is 1.19 bits per heavy atom. The summed E-state index contributed by atoms with van der Waals surface area (Å²) in [5.41, 5.74) is 3.70. The van der Waals surface area contributed by atoms with Crippen LogP contribution in [0.3, 0.4) is 0 Å². The van der Waals surface area contributed by atoms with Crippen LogP contribution in [0.4, 0.5) is 0 Å². The Bertz CT molecular complexity index is 933. The Labute approximate surface area is 158 Å². The molecular formula is C22H24N2O3. The molecule has 27 heavy (non-hydrogen) atoms. The number of ether oxygens (including phenoxy) is 2. The molecule has 1 amide bonds. The van der Waals surface area contributed by atoms with Crippen LogP contribution in [0.15, 0.2) is 48.5 Å². The number of hydrogen-bond donors (Lipinski definition) is 2. The van der Waals surface area contributed by atoms with Crippen LogP contribution in [0.5, 0.6) is 11.5 Å². The highest BCUT2D eigenvalue weighted by Crippen LogP contribution is 2.31. The zero-order valence-electron chi connectivity index (χ0n) is 15.5. The third-order valence-corrected chi connectivity index (χ3v) is 5.10. The summed E-state index contributed by atoms with van der Waals surface area (Å²) in [5.74, 6) is 1.69. The predicted octanol–water partition coefficient (Wildman–Crippen LogP) is 3.62. The number of hydrogen-bond acceptors (Lipinski definition) is 3. The number of nitrogens with one attached hydrogen (secondary N) is 2. The van der Waals surface area contributed by atoms with Gasteiger partial charge in [-0.15, -0.1) is 0 Å². The van der Waals surface area contributed by atoms with Gasteiger partial charge in [-0.2, -0.15) is 0 Å². The summed E-state index contributed by atoms with van der Waals surface area (Å²) in [6.07, 6.45) is 3.09. The Kier molecular flexibility index (Phi) is 5.01. The van der Waals surface area contributed by atoms with Gasteiger partial charge in [-0.05, 0) is 55.2 Å². The maximum absolute atomic E-state index is 12.3. The van der Waals surface area contributed by atoms with Crippen LogP contribution in [-0.2, 0) is 17.6 Å². The molecular weight excluding hydrogens is 340 g/mol. The second kappa shape index (κ2) is 7.74. The van der Waals surface area contributed by atoms with E-state index in [4.69, 9.17) is 9.47 Å². The van der Waals surface area contributed by atoms with Crippen molar-refractivity contribution in [1.82, 2.24) is 10.3 Å². The molecule has 3 aromatic rings. The van der Waals surface area contributed by atoms with Gasteiger partial charge >= 0.3 is 0 Å². The molecule has 0 saturated heterocycles. The zero-order chi connectivity index (χ0) is 18.6. The summed E-state index contributed by atoms with van der Waals surface area (Å²) in [5, 5.41) is 4.36. The standard InChI is InChI=1S/C22H24N2O3/c1-26-17-8-10-21-19(14-17)18-13-15(7-9-20(18)24-21)23-22(25)11-12-27-16-5-3-2-4-6-16/h2-6,8,10,14-15,24H,7,9,11-13H2,1H3,(H,23,25). The van der Waals surface area contributed by atoms with E-state index in [2.05, 4.69) is 22.4 Å². The van der Waals surface area contributed by atoms with Gasteiger partial charge in [0.15, 0.2) is 0 Å². The number of amides is 1. The zero-order valence-corrected chi connectivity index (χ0v) is 15.5. The molecule has 5 heteroatoms. The molecule has 0 spiro atoms. The predicted molar refractivity (Wildman–Crippen MR) is 105 cm³/mol. The second-order valence-electron chi connectivity index (χ2n) is 6.91. The number of methoxy groups -OCH3 is 1. The number of aromatic amines is 1. The van der Waals surface area contributed by atoms with E-state index in [1.165, 1.54) is 16.6 Å². The Balaban J connectivity index is 1.35. The molecule has 0 saturated carbocycles. The lowest BCUT2D eigenvalue weighted by Crippen LogP contribution is -2.39. The van der Waals surface area contributed by atoms with E-state index in [9.17, 15) is 4.79 Å². The molecule has 1 atom stereocenters. The fourth-order valence-corrected chi connectivity index (χ4v) is 3.72. The van der Waals surface area contributed by atoms with Crippen molar-refractivity contribution >= 4 is 16.8 Å². The van der Waals surface area contributed by atoms with Gasteiger partial charge in [0.2, 0.25) is 5.91 Å². The van der Waals surface area contributed by atoms with Crippen LogP contribution < -0.4 is 14.8 Å². The highest BCUT2D eigenvalue weighted by molar-refractivity contribution is 5.86. The van der Waals surface area contributed by atoms with Crippen LogP contribution in [0, 0.1) is 0 Å². The summed E-state index contributed by atoms with van der Waals surface area (Å²) < 4.78 is 11.0. The first-order valence-electron chi connectivity index (χ1n) is 9.37. The number of benzene rings is 2. The van der Waals surface area contributed by atoms with E-state index in [1.807, 2.05) is 36.4 Å². The van der Waals surface area contributed by atoms with Gasteiger partial charge in [-0.25, -0.2) is 0 Å². The molecule has 140 valence electrons. The first kappa shape index (κ1) is 17.5. The average Bonchev–Trinajstić information content (AvgIpc) is 3.06. The molecule has 1 unspecified atom stereocenters. The number of rotatable bonds is 6. The van der Waals surface area contributed by atoms with Gasteiger partial charge in [0, 0.05) is 22.6 Å². The summed E-state index contributed by atoms with van der Waals surface area (Å²) in [7, 11) is 1.68. The monoisotopic (exact) mass is 364 g/mol. The summed E-state index contributed by atoms with van der Waals surface area (Å²) >= 11 is 0. The molecule has 1 aromatic heterocycles. The largest absolute Gasteiger partial charge is 0.497 e. The third-order valence-electron chi connectivity index (χ3n) is 5.10. The van der Waals surface area contributed by atoms with Gasteiger partial charge in [0.25, 0.3) is 0 Å². The number of carbonyl (C=O) groups excluding carboxylic acids is 1. The van der Waals surface area contributed by atoms with E-state index < -0.39 is 0 Å². The van der Waals surface area contributed by atoms with Crippen molar-refractivity contribution in [3.63, 3.8) is 0 Å². The quantitative estimate of drug-likeness (QED) is 0.702. The van der Waals surface area contributed by atoms with Crippen molar-refractivity contribution in [2.45, 2.75) is 31.7 Å². The summed E-state index contributed by atoms with van der Waals surface area (Å²) in [6.45, 7) is 0.387. The van der Waals surface area contributed by atoms with Gasteiger partial charge in [-0.3, -0.25) is 4.79 Å². The molecule has 2 aromatic carbocycles. The van der Waals surface area contributed by atoms with E-state index in [-0.39, 0.29) is 11.9 Å². The topological polar surface area (TPSA) is 63.3 Å². The molecule has 4 rings (SSSR count). The van der Waals surface area contributed by atoms with Crippen LogP contribution in [0.25, 0.3) is 10.9 Å². The molecule has 2 N–H and O–H groups in total. The van der Waals surface area contributed by atoms with Crippen molar-refractivity contribution in [3.05, 3.63) is 59.8 Å². The maximum atomic E-state index is 12.3. The molecule has 0 fully saturated rings. The lowest BCUT2D eigenvalue weighted by molar-refractivity contribution is -0.122. The minimum Gasteiger partial charge on any atom is -0.497 e. The first-order chi connectivity index (χ1) is 13.2. The van der Waals surface area contributed by atoms with Crippen LogP contribution >= 0.6 is 0 Å². The lowest BCUT2D eigenvalue weighted by Gasteiger charge is -2.23. The molecule has 1 aliphatic carbocycles. The lowest BCUT2D eigenvalue weighted by atomic mass is 9.91. The number of fused-ring (bicyclic) bond motifs is 3. The molecule has 1 aliphatic rings. The number of aromatic nitrogens is 1. The Morgan fingerprint density at radius 2 is 2.04 bits per heavy atom. The number of H-pyrrole nitrogens is 1. The third kappa shape index (κ3) is 3.92. The minimum atomic E-state index is 0.0387. The Morgan fingerprint density at radius 3 is 2.85 bits per heavy atom. The van der Waals surface area contributed by atoms with E-state index in [0.717, 1.165) is 36.3 Å². The van der Waals surface area contributed by atoms with Gasteiger partial charge < -0.3 is 19.8 Å². The van der Waals surface area contributed by atoms with Crippen molar-refractivity contribution in [2.24, 2.45) is 0 Å². The maximum Gasteiger partial charge on any atom is 0.223 e. The number of carbonyl (C=O) groups is 1. The summed E-state index contributed by atoms with van der Waals surface area (Å²) in [4.78, 5) is 15.8. The molecule has 0 radical (unpaired) electrons. The van der Waals surface area contributed by atoms with Crippen LogP contribution in [0.1, 0.15) is 24.1 Å². The fourth-order valence-electron chi connectivity index (χ4n) is 3.72.